The Hall–Kier alpha value is -1.62. The lowest BCUT2D eigenvalue weighted by Crippen LogP contribution is -2.38. The van der Waals surface area contributed by atoms with Crippen molar-refractivity contribution >= 4 is 5.91 Å². The van der Waals surface area contributed by atoms with E-state index in [-0.39, 0.29) is 19.1 Å². The third kappa shape index (κ3) is 3.67. The number of piperidine rings is 1. The van der Waals surface area contributed by atoms with Gasteiger partial charge in [0.1, 0.15) is 11.4 Å². The molecule has 1 fully saturated rings. The van der Waals surface area contributed by atoms with Crippen molar-refractivity contribution in [2.75, 3.05) is 19.7 Å². The number of hydrogen-bond donors (Lipinski definition) is 1. The predicted molar refractivity (Wildman–Crippen MR) is 70.8 cm³/mol. The van der Waals surface area contributed by atoms with Crippen molar-refractivity contribution in [1.29, 1.82) is 0 Å². The Morgan fingerprint density at radius 3 is 2.79 bits per heavy atom. The van der Waals surface area contributed by atoms with Crippen molar-refractivity contribution in [3.63, 3.8) is 0 Å². The lowest BCUT2D eigenvalue weighted by Gasteiger charge is -2.26. The minimum atomic E-state index is -0.186. The lowest BCUT2D eigenvalue weighted by atomic mass is 10.1. The molecule has 1 aromatic heterocycles. The molecule has 5 heteroatoms. The maximum atomic E-state index is 12.0. The van der Waals surface area contributed by atoms with Crippen LogP contribution in [0.3, 0.4) is 0 Å². The number of nitrogens with zero attached hydrogens (tertiary/aromatic N) is 2. The number of rotatable bonds is 4. The Morgan fingerprint density at radius 1 is 1.37 bits per heavy atom. The zero-order valence-electron chi connectivity index (χ0n) is 11.3. The summed E-state index contributed by atoms with van der Waals surface area (Å²) < 4.78 is 5.48. The number of likely N-dealkylation sites (tertiary alicyclic amines) is 1. The van der Waals surface area contributed by atoms with E-state index in [1.54, 1.807) is 12.1 Å². The van der Waals surface area contributed by atoms with Gasteiger partial charge in [0, 0.05) is 18.8 Å². The molecule has 0 unspecified atom stereocenters. The van der Waals surface area contributed by atoms with Crippen LogP contribution in [0.4, 0.5) is 0 Å². The summed E-state index contributed by atoms with van der Waals surface area (Å²) in [7, 11) is 0. The number of amides is 1. The van der Waals surface area contributed by atoms with Crippen LogP contribution in [0, 0.1) is 6.92 Å². The molecule has 2 heterocycles. The fourth-order valence-electron chi connectivity index (χ4n) is 2.22. The average molecular weight is 264 g/mol. The van der Waals surface area contributed by atoms with E-state index < -0.39 is 0 Å². The minimum Gasteiger partial charge on any atom is -0.482 e. The van der Waals surface area contributed by atoms with Crippen molar-refractivity contribution in [2.45, 2.75) is 32.8 Å². The monoisotopic (exact) mass is 264 g/mol. The van der Waals surface area contributed by atoms with E-state index in [0.717, 1.165) is 31.6 Å². The van der Waals surface area contributed by atoms with Gasteiger partial charge in [0.05, 0.1) is 6.61 Å². The summed E-state index contributed by atoms with van der Waals surface area (Å²) in [5, 5.41) is 9.22. The first-order chi connectivity index (χ1) is 9.20. The molecule has 0 spiro atoms. The number of pyridine rings is 1. The van der Waals surface area contributed by atoms with E-state index in [1.165, 1.54) is 6.42 Å². The van der Waals surface area contributed by atoms with Crippen LogP contribution in [0.25, 0.3) is 0 Å². The summed E-state index contributed by atoms with van der Waals surface area (Å²) in [6, 6.07) is 3.55. The zero-order valence-corrected chi connectivity index (χ0v) is 11.3. The Bertz CT molecular complexity index is 442. The Labute approximate surface area is 113 Å². The molecule has 1 saturated heterocycles. The number of ether oxygens (including phenoxy) is 1. The van der Waals surface area contributed by atoms with Gasteiger partial charge in [0.2, 0.25) is 0 Å². The first kappa shape index (κ1) is 13.8. The molecule has 2 rings (SSSR count). The number of aryl methyl sites for hydroxylation is 1. The van der Waals surface area contributed by atoms with Gasteiger partial charge in [-0.3, -0.25) is 9.78 Å². The van der Waals surface area contributed by atoms with Crippen LogP contribution in [0.5, 0.6) is 5.75 Å². The fourth-order valence-corrected chi connectivity index (χ4v) is 2.22. The Morgan fingerprint density at radius 2 is 2.11 bits per heavy atom. The van der Waals surface area contributed by atoms with Gasteiger partial charge in [0.15, 0.2) is 6.61 Å². The topological polar surface area (TPSA) is 62.7 Å². The quantitative estimate of drug-likeness (QED) is 0.889. The molecule has 1 aliphatic heterocycles. The van der Waals surface area contributed by atoms with Crippen molar-refractivity contribution in [3.05, 3.63) is 23.5 Å². The van der Waals surface area contributed by atoms with E-state index in [4.69, 9.17) is 4.74 Å². The van der Waals surface area contributed by atoms with E-state index in [0.29, 0.717) is 11.4 Å². The summed E-state index contributed by atoms with van der Waals surface area (Å²) in [5.41, 5.74) is 1.30. The molecule has 104 valence electrons. The first-order valence-electron chi connectivity index (χ1n) is 6.68. The second kappa shape index (κ2) is 6.52. The van der Waals surface area contributed by atoms with Crippen LogP contribution in [0.2, 0.25) is 0 Å². The number of aromatic nitrogens is 1. The Balaban J connectivity index is 1.92. The molecular formula is C14H20N2O3. The molecule has 0 radical (unpaired) electrons. The first-order valence-corrected chi connectivity index (χ1v) is 6.68. The highest BCUT2D eigenvalue weighted by Crippen LogP contribution is 2.17. The highest BCUT2D eigenvalue weighted by atomic mass is 16.5. The summed E-state index contributed by atoms with van der Waals surface area (Å²) in [5.74, 6) is 0.489. The van der Waals surface area contributed by atoms with Crippen molar-refractivity contribution in [1.82, 2.24) is 9.88 Å². The number of aliphatic hydroxyl groups is 1. The fraction of sp³-hybridized carbons (Fsp3) is 0.571. The van der Waals surface area contributed by atoms with Gasteiger partial charge in [-0.15, -0.1) is 0 Å². The Kier molecular flexibility index (Phi) is 4.74. The van der Waals surface area contributed by atoms with Gasteiger partial charge in [-0.2, -0.15) is 0 Å². The van der Waals surface area contributed by atoms with E-state index >= 15 is 0 Å². The minimum absolute atomic E-state index is 0.00386. The summed E-state index contributed by atoms with van der Waals surface area (Å²) in [6.45, 7) is 3.32. The van der Waals surface area contributed by atoms with Gasteiger partial charge in [0.25, 0.3) is 5.91 Å². The number of carbonyl (C=O) groups is 1. The van der Waals surface area contributed by atoms with Crippen molar-refractivity contribution in [2.24, 2.45) is 0 Å². The van der Waals surface area contributed by atoms with E-state index in [2.05, 4.69) is 4.98 Å². The highest BCUT2D eigenvalue weighted by Gasteiger charge is 2.17. The van der Waals surface area contributed by atoms with Crippen LogP contribution >= 0.6 is 0 Å². The van der Waals surface area contributed by atoms with Crippen LogP contribution in [-0.2, 0) is 11.4 Å². The van der Waals surface area contributed by atoms with Crippen LogP contribution < -0.4 is 4.74 Å². The molecule has 19 heavy (non-hydrogen) atoms. The second-order valence-electron chi connectivity index (χ2n) is 4.79. The zero-order chi connectivity index (χ0) is 13.7. The second-order valence-corrected chi connectivity index (χ2v) is 4.79. The molecule has 1 aliphatic rings. The van der Waals surface area contributed by atoms with Crippen molar-refractivity contribution in [3.8, 4) is 5.75 Å². The number of aliphatic hydroxyl groups excluding tert-OH is 1. The molecule has 0 aromatic carbocycles. The summed E-state index contributed by atoms with van der Waals surface area (Å²) in [6.07, 6.45) is 3.33. The molecule has 0 saturated carbocycles. The van der Waals surface area contributed by atoms with Crippen LogP contribution in [0.15, 0.2) is 12.1 Å². The van der Waals surface area contributed by atoms with Crippen molar-refractivity contribution < 1.29 is 14.6 Å². The SMILES string of the molecule is Cc1ccc(OCC(=O)N2CCCCC2)c(CO)n1. The molecule has 1 N–H and O–H groups in total. The molecule has 1 aromatic rings. The smallest absolute Gasteiger partial charge is 0.260 e. The molecular weight excluding hydrogens is 244 g/mol. The summed E-state index contributed by atoms with van der Waals surface area (Å²) >= 11 is 0. The average Bonchev–Trinajstić information content (AvgIpc) is 2.46. The number of carbonyl (C=O) groups excluding carboxylic acids is 1. The molecule has 0 atom stereocenters. The maximum Gasteiger partial charge on any atom is 0.260 e. The van der Waals surface area contributed by atoms with Gasteiger partial charge in [-0.05, 0) is 38.3 Å². The van der Waals surface area contributed by atoms with Gasteiger partial charge >= 0.3 is 0 Å². The highest BCUT2D eigenvalue weighted by molar-refractivity contribution is 5.77. The standard InChI is InChI=1S/C14H20N2O3/c1-11-5-6-13(12(9-17)15-11)19-10-14(18)16-7-3-2-4-8-16/h5-6,17H,2-4,7-10H2,1H3. The molecule has 0 aliphatic carbocycles. The van der Waals surface area contributed by atoms with E-state index in [1.807, 2.05) is 11.8 Å². The molecule has 1 amide bonds. The van der Waals surface area contributed by atoms with Gasteiger partial charge in [-0.1, -0.05) is 0 Å². The number of hydrogen-bond acceptors (Lipinski definition) is 4. The third-order valence-electron chi connectivity index (χ3n) is 3.28. The molecule has 5 nitrogen and oxygen atoms in total. The lowest BCUT2D eigenvalue weighted by molar-refractivity contribution is -0.134. The normalized spacial score (nSPS) is 15.4. The van der Waals surface area contributed by atoms with Gasteiger partial charge in [-0.25, -0.2) is 0 Å². The van der Waals surface area contributed by atoms with Gasteiger partial charge < -0.3 is 14.7 Å². The largest absolute Gasteiger partial charge is 0.482 e. The third-order valence-corrected chi connectivity index (χ3v) is 3.28. The van der Waals surface area contributed by atoms with Crippen LogP contribution in [0.1, 0.15) is 30.7 Å². The van der Waals surface area contributed by atoms with Crippen LogP contribution in [-0.4, -0.2) is 40.6 Å². The van der Waals surface area contributed by atoms with E-state index in [9.17, 15) is 9.90 Å². The molecule has 0 bridgehead atoms. The maximum absolute atomic E-state index is 12.0. The summed E-state index contributed by atoms with van der Waals surface area (Å²) in [4.78, 5) is 18.0. The predicted octanol–water partition coefficient (Wildman–Crippen LogP) is 1.27.